The van der Waals surface area contributed by atoms with Crippen molar-refractivity contribution in [1.82, 2.24) is 0 Å². The average molecular weight is 511 g/mol. The summed E-state index contributed by atoms with van der Waals surface area (Å²) in [6.45, 7) is 3.08. The van der Waals surface area contributed by atoms with Gasteiger partial charge in [0.2, 0.25) is 13.1 Å². The maximum absolute atomic E-state index is 6.16. The van der Waals surface area contributed by atoms with Gasteiger partial charge in [0.1, 0.15) is 0 Å². The van der Waals surface area contributed by atoms with Crippen molar-refractivity contribution in [2.24, 2.45) is 0 Å². The fourth-order valence-corrected chi connectivity index (χ4v) is 5.22. The van der Waals surface area contributed by atoms with E-state index in [-0.39, 0.29) is 0 Å². The van der Waals surface area contributed by atoms with Gasteiger partial charge >= 0.3 is 0 Å². The predicted molar refractivity (Wildman–Crippen MR) is 146 cm³/mol. The summed E-state index contributed by atoms with van der Waals surface area (Å²) >= 11 is 0. The Kier molecular flexibility index (Phi) is 6.02. The smallest absolute Gasteiger partial charge is 0.205 e. The van der Waals surface area contributed by atoms with Crippen molar-refractivity contribution in [3.63, 3.8) is 0 Å². The van der Waals surface area contributed by atoms with Gasteiger partial charge in [-0.1, -0.05) is 18.2 Å². The Morgan fingerprint density at radius 1 is 0.385 bits per heavy atom. The number of hydrogen-bond acceptors (Lipinski definition) is 1. The van der Waals surface area contributed by atoms with E-state index in [4.69, 9.17) is 4.42 Å². The normalized spacial score (nSPS) is 12.7. The minimum absolute atomic E-state index is 0.700. The van der Waals surface area contributed by atoms with E-state index in [0.29, 0.717) is 13.1 Å². The topological polar surface area (TPSA) is 28.7 Å². The summed E-state index contributed by atoms with van der Waals surface area (Å²) in [5.41, 5.74) is 7.40. The lowest BCUT2D eigenvalue weighted by molar-refractivity contribution is -0.692. The van der Waals surface area contributed by atoms with Crippen LogP contribution in [0.15, 0.2) is 139 Å². The molecule has 0 aliphatic carbocycles. The van der Waals surface area contributed by atoms with Crippen LogP contribution in [0.1, 0.15) is 22.6 Å². The number of furan rings is 1. The second-order valence-electron chi connectivity index (χ2n) is 10.2. The quantitative estimate of drug-likeness (QED) is 0.280. The van der Waals surface area contributed by atoms with Crippen LogP contribution in [0.3, 0.4) is 0 Å². The number of hydrogen-bond donors (Lipinski definition) is 0. The fourth-order valence-electron chi connectivity index (χ4n) is 5.22. The molecular formula is C34H30N4O+4. The van der Waals surface area contributed by atoms with Gasteiger partial charge in [-0.3, -0.25) is 0 Å². The molecule has 5 nitrogen and oxygen atoms in total. The van der Waals surface area contributed by atoms with Crippen molar-refractivity contribution in [3.05, 3.63) is 157 Å². The van der Waals surface area contributed by atoms with Gasteiger partial charge in [0.15, 0.2) is 74.2 Å². The van der Waals surface area contributed by atoms with E-state index in [2.05, 4.69) is 153 Å². The lowest BCUT2D eigenvalue weighted by atomic mass is 10.1. The summed E-state index contributed by atoms with van der Waals surface area (Å²) in [7, 11) is 0. The molecule has 0 unspecified atom stereocenters. The first-order valence-electron chi connectivity index (χ1n) is 13.4. The van der Waals surface area contributed by atoms with E-state index < -0.39 is 0 Å². The Hall–Kier alpha value is -4.90. The Labute approximate surface area is 228 Å². The molecule has 12 heterocycles. The highest BCUT2D eigenvalue weighted by Crippen LogP contribution is 2.18. The van der Waals surface area contributed by atoms with Crippen LogP contribution in [0.25, 0.3) is 22.3 Å². The van der Waals surface area contributed by atoms with Crippen LogP contribution < -0.4 is 18.3 Å². The monoisotopic (exact) mass is 510 g/mol. The van der Waals surface area contributed by atoms with E-state index in [0.717, 1.165) is 24.6 Å². The molecule has 6 aromatic rings. The summed E-state index contributed by atoms with van der Waals surface area (Å²) in [5, 5.41) is 0. The summed E-state index contributed by atoms with van der Waals surface area (Å²) in [4.78, 5) is 0. The fraction of sp³-hybridized carbons (Fsp3) is 0.118. The zero-order valence-electron chi connectivity index (χ0n) is 21.7. The highest BCUT2D eigenvalue weighted by Gasteiger charge is 2.14. The van der Waals surface area contributed by atoms with Crippen molar-refractivity contribution in [3.8, 4) is 22.3 Å². The molecule has 5 heteroatoms. The van der Waals surface area contributed by atoms with Crippen molar-refractivity contribution >= 4 is 0 Å². The second-order valence-corrected chi connectivity index (χ2v) is 10.2. The summed E-state index contributed by atoms with van der Waals surface area (Å²) < 4.78 is 14.9. The van der Waals surface area contributed by atoms with E-state index in [9.17, 15) is 0 Å². The standard InChI is InChI=1S/C34H30N4O/c1-2-27-22-28(3-1)24-36-16-8-30(9-17-36)32-12-20-38(21-13-32)26-34-5-4-33(39-34)25-37-18-10-31(11-19-37)29-6-14-35(23-27)15-7-29/h1-22H,23-26H2/q+4. The van der Waals surface area contributed by atoms with Crippen LogP contribution in [-0.4, -0.2) is 0 Å². The van der Waals surface area contributed by atoms with Gasteiger partial charge in [0.05, 0.1) is 0 Å². The van der Waals surface area contributed by atoms with Gasteiger partial charge in [-0.25, -0.2) is 9.13 Å². The van der Waals surface area contributed by atoms with E-state index in [1.807, 2.05) is 0 Å². The summed E-state index contributed by atoms with van der Waals surface area (Å²) in [6, 6.07) is 30.4. The largest absolute Gasteiger partial charge is 0.453 e. The molecule has 0 saturated carbocycles. The number of benzene rings is 1. The predicted octanol–water partition coefficient (Wildman–Crippen LogP) is 4.27. The van der Waals surface area contributed by atoms with Crippen LogP contribution >= 0.6 is 0 Å². The van der Waals surface area contributed by atoms with Gasteiger partial charge in [0.25, 0.3) is 0 Å². The van der Waals surface area contributed by atoms with Gasteiger partial charge in [-0.2, -0.15) is 9.13 Å². The van der Waals surface area contributed by atoms with Gasteiger partial charge in [0, 0.05) is 59.7 Å². The average Bonchev–Trinajstić information content (AvgIpc) is 3.41. The maximum Gasteiger partial charge on any atom is 0.205 e. The lowest BCUT2D eigenvalue weighted by Crippen LogP contribution is -2.34. The second kappa shape index (κ2) is 10.1. The van der Waals surface area contributed by atoms with Crippen LogP contribution in [0.5, 0.6) is 0 Å². The molecule has 0 saturated heterocycles. The molecule has 7 aliphatic heterocycles. The number of nitrogens with zero attached hydrogens (tertiary/aromatic N) is 4. The zero-order valence-corrected chi connectivity index (χ0v) is 21.7. The molecule has 39 heavy (non-hydrogen) atoms. The molecule has 12 bridgehead atoms. The molecule has 0 spiro atoms. The lowest BCUT2D eigenvalue weighted by Gasteiger charge is -2.04. The number of pyridine rings is 4. The van der Waals surface area contributed by atoms with Gasteiger partial charge in [-0.15, -0.1) is 0 Å². The first-order valence-corrected chi connectivity index (χ1v) is 13.4. The molecule has 0 amide bonds. The SMILES string of the molecule is c1cc2cc(c1)C[n+]1ccc(cc1)-c1cc[n+](cc1)Cc1ccc(o1)C[n+]1ccc(cc1)-c1cc[n+](cc1)C2. The Morgan fingerprint density at radius 3 is 1.08 bits per heavy atom. The third-order valence-corrected chi connectivity index (χ3v) is 7.35. The Morgan fingerprint density at radius 2 is 0.718 bits per heavy atom. The highest BCUT2D eigenvalue weighted by atomic mass is 16.3. The molecule has 0 atom stereocenters. The molecule has 1 aromatic carbocycles. The van der Waals surface area contributed by atoms with E-state index in [1.54, 1.807) is 0 Å². The summed E-state index contributed by atoms with van der Waals surface area (Å²) in [5.74, 6) is 1.90. The van der Waals surface area contributed by atoms with Crippen LogP contribution in [-0.2, 0) is 26.2 Å². The molecule has 0 radical (unpaired) electrons. The van der Waals surface area contributed by atoms with Crippen LogP contribution in [0.4, 0.5) is 0 Å². The molecule has 188 valence electrons. The van der Waals surface area contributed by atoms with Crippen molar-refractivity contribution in [2.45, 2.75) is 26.2 Å². The van der Waals surface area contributed by atoms with E-state index in [1.165, 1.54) is 33.4 Å². The van der Waals surface area contributed by atoms with E-state index >= 15 is 0 Å². The first-order chi connectivity index (χ1) is 19.2. The van der Waals surface area contributed by atoms with Crippen LogP contribution in [0.2, 0.25) is 0 Å². The van der Waals surface area contributed by atoms with Crippen molar-refractivity contribution in [1.29, 1.82) is 0 Å². The molecule has 13 rings (SSSR count). The summed E-state index contributed by atoms with van der Waals surface area (Å²) in [6.07, 6.45) is 17.1. The third kappa shape index (κ3) is 5.25. The highest BCUT2D eigenvalue weighted by molar-refractivity contribution is 5.61. The molecule has 7 aliphatic rings. The molecule has 0 N–H and O–H groups in total. The third-order valence-electron chi connectivity index (χ3n) is 7.35. The Bertz CT molecular complexity index is 1590. The minimum Gasteiger partial charge on any atom is -0.453 e. The minimum atomic E-state index is 0.700. The zero-order chi connectivity index (χ0) is 26.0. The van der Waals surface area contributed by atoms with Gasteiger partial charge < -0.3 is 4.42 Å². The molecule has 0 fully saturated rings. The molecular weight excluding hydrogens is 480 g/mol. The number of aromatic nitrogens is 4. The first kappa shape index (κ1) is 23.2. The van der Waals surface area contributed by atoms with Crippen molar-refractivity contribution in [2.75, 3.05) is 0 Å². The maximum atomic E-state index is 6.16. The Balaban J connectivity index is 1.22. The van der Waals surface area contributed by atoms with Gasteiger partial charge in [-0.05, 0) is 40.5 Å². The number of rotatable bonds is 0. The van der Waals surface area contributed by atoms with Crippen LogP contribution in [0, 0.1) is 0 Å². The van der Waals surface area contributed by atoms with Crippen molar-refractivity contribution < 1.29 is 22.7 Å². The molecule has 5 aromatic heterocycles.